The van der Waals surface area contributed by atoms with Crippen LogP contribution in [0.4, 0.5) is 11.6 Å². The van der Waals surface area contributed by atoms with Crippen molar-refractivity contribution in [2.45, 2.75) is 36.9 Å². The first-order valence-electron chi connectivity index (χ1n) is 14.1. The zero-order valence-electron chi connectivity index (χ0n) is 24.3. The Bertz CT molecular complexity index is 1860. The van der Waals surface area contributed by atoms with Crippen molar-refractivity contribution in [1.82, 2.24) is 29.1 Å². The zero-order valence-corrected chi connectivity index (χ0v) is 26.6. The molecule has 2 aromatic carbocycles. The van der Waals surface area contributed by atoms with Gasteiger partial charge in [-0.3, -0.25) is 14.2 Å². The molecule has 2 aliphatic heterocycles. The van der Waals surface area contributed by atoms with Gasteiger partial charge in [0.25, 0.3) is 15.9 Å². The van der Waals surface area contributed by atoms with Crippen molar-refractivity contribution >= 4 is 56.7 Å². The number of carbonyl (C=O) groups excluding carboxylic acids is 2. The fraction of sp³-hybridized carbons (Fsp3) is 0.300. The maximum atomic E-state index is 14.3. The Morgan fingerprint density at radius 3 is 2.33 bits per heavy atom. The molecular weight excluding hydrogens is 641 g/mol. The van der Waals surface area contributed by atoms with Crippen molar-refractivity contribution in [2.24, 2.45) is 5.92 Å². The molecule has 1 fully saturated rings. The second-order valence-corrected chi connectivity index (χ2v) is 14.1. The van der Waals surface area contributed by atoms with Gasteiger partial charge in [-0.1, -0.05) is 47.5 Å². The number of aliphatic hydroxyl groups excluding tert-OH is 1. The highest BCUT2D eigenvalue weighted by Gasteiger charge is 2.53. The van der Waals surface area contributed by atoms with Gasteiger partial charge in [0.2, 0.25) is 11.9 Å². The lowest BCUT2D eigenvalue weighted by molar-refractivity contribution is -0.129. The van der Waals surface area contributed by atoms with Gasteiger partial charge in [0.15, 0.2) is 5.03 Å². The Hall–Kier alpha value is -3.88. The van der Waals surface area contributed by atoms with Crippen molar-refractivity contribution in [1.29, 1.82) is 0 Å². The molecule has 2 N–H and O–H groups in total. The number of aromatic nitrogens is 4. The number of fused-ring (bicyclic) bond motifs is 1. The summed E-state index contributed by atoms with van der Waals surface area (Å²) in [6.07, 6.45) is 6.21. The van der Waals surface area contributed by atoms with Crippen LogP contribution in [0, 0.1) is 5.92 Å². The van der Waals surface area contributed by atoms with E-state index in [0.29, 0.717) is 15.7 Å². The molecule has 0 aliphatic carbocycles. The van der Waals surface area contributed by atoms with Gasteiger partial charge in [-0.05, 0) is 43.2 Å². The van der Waals surface area contributed by atoms with Crippen LogP contribution in [-0.4, -0.2) is 74.9 Å². The second kappa shape index (κ2) is 11.8. The highest BCUT2D eigenvalue weighted by atomic mass is 35.5. The number of aliphatic hydroxyl groups is 1. The Balaban J connectivity index is 1.37. The van der Waals surface area contributed by atoms with Gasteiger partial charge >= 0.3 is 0 Å². The molecule has 2 atom stereocenters. The lowest BCUT2D eigenvalue weighted by Gasteiger charge is -2.38. The number of imidazole rings is 1. The highest BCUT2D eigenvalue weighted by molar-refractivity contribution is 7.89. The monoisotopic (exact) mass is 669 g/mol. The standard InChI is InChI=1S/C30H29Cl2N7O5S/c1-18(16-40)36-27(41)22-14-37(15-22)45(43,44)26-13-35-29-38(25-8-23(31)7-24(32)9-25)28(42)30(2,39(26)29)10-19-3-5-20(6-4-19)21-11-33-17-34-12-21/h3-9,11-13,17-18,22,40H,10,14-16H2,1-2H3,(H,36,41)/t18-,30+/m0/s1. The molecule has 2 aliphatic rings. The van der Waals surface area contributed by atoms with E-state index in [1.54, 1.807) is 38.4 Å². The third-order valence-corrected chi connectivity index (χ3v) is 10.3. The maximum Gasteiger partial charge on any atom is 0.260 e. The lowest BCUT2D eigenvalue weighted by Crippen LogP contribution is -2.57. The van der Waals surface area contributed by atoms with Gasteiger partial charge in [0.05, 0.1) is 24.4 Å². The number of benzene rings is 2. The largest absolute Gasteiger partial charge is 0.394 e. The zero-order chi connectivity index (χ0) is 32.1. The van der Waals surface area contributed by atoms with Gasteiger partial charge < -0.3 is 10.4 Å². The Morgan fingerprint density at radius 2 is 1.71 bits per heavy atom. The molecule has 0 bridgehead atoms. The molecule has 0 radical (unpaired) electrons. The van der Waals surface area contributed by atoms with E-state index in [0.717, 1.165) is 16.7 Å². The summed E-state index contributed by atoms with van der Waals surface area (Å²) >= 11 is 12.6. The summed E-state index contributed by atoms with van der Waals surface area (Å²) in [5.41, 5.74) is 1.41. The van der Waals surface area contributed by atoms with Crippen molar-refractivity contribution in [3.05, 3.63) is 83.0 Å². The minimum atomic E-state index is -4.18. The van der Waals surface area contributed by atoms with Crippen LogP contribution in [0.5, 0.6) is 0 Å². The molecule has 0 saturated carbocycles. The third-order valence-electron chi connectivity index (χ3n) is 8.06. The number of carbonyl (C=O) groups is 2. The first-order chi connectivity index (χ1) is 21.4. The Morgan fingerprint density at radius 1 is 1.07 bits per heavy atom. The van der Waals surface area contributed by atoms with Crippen molar-refractivity contribution in [3.63, 3.8) is 0 Å². The van der Waals surface area contributed by atoms with Crippen molar-refractivity contribution in [2.75, 3.05) is 24.6 Å². The van der Waals surface area contributed by atoms with E-state index in [2.05, 4.69) is 20.3 Å². The topological polar surface area (TPSA) is 151 Å². The number of amides is 2. The van der Waals surface area contributed by atoms with Crippen LogP contribution in [0.15, 0.2) is 72.4 Å². The van der Waals surface area contributed by atoms with Crippen LogP contribution in [0.3, 0.4) is 0 Å². The molecule has 0 unspecified atom stereocenters. The van der Waals surface area contributed by atoms with Crippen molar-refractivity contribution in [3.8, 4) is 11.1 Å². The minimum Gasteiger partial charge on any atom is -0.394 e. The molecule has 45 heavy (non-hydrogen) atoms. The van der Waals surface area contributed by atoms with Crippen LogP contribution < -0.4 is 10.2 Å². The molecule has 2 amide bonds. The molecule has 6 rings (SSSR count). The first kappa shape index (κ1) is 31.1. The molecular formula is C30H29Cl2N7O5S. The molecule has 4 heterocycles. The number of anilines is 2. The highest BCUT2D eigenvalue weighted by Crippen LogP contribution is 2.45. The summed E-state index contributed by atoms with van der Waals surface area (Å²) in [7, 11) is -4.18. The molecule has 12 nitrogen and oxygen atoms in total. The molecule has 0 spiro atoms. The fourth-order valence-corrected chi connectivity index (χ4v) is 7.84. The third kappa shape index (κ3) is 5.59. The van der Waals surface area contributed by atoms with E-state index in [4.69, 9.17) is 23.2 Å². The quantitative estimate of drug-likeness (QED) is 0.275. The van der Waals surface area contributed by atoms with E-state index in [1.165, 1.54) is 32.4 Å². The molecule has 2 aromatic heterocycles. The molecule has 4 aromatic rings. The van der Waals surface area contributed by atoms with Gasteiger partial charge in [0.1, 0.15) is 11.9 Å². The normalized spacial score (nSPS) is 19.3. The number of hydrogen-bond acceptors (Lipinski definition) is 8. The number of rotatable bonds is 9. The Labute approximate surface area is 269 Å². The van der Waals surface area contributed by atoms with Gasteiger partial charge in [-0.25, -0.2) is 28.3 Å². The fourth-order valence-electron chi connectivity index (χ4n) is 5.61. The summed E-state index contributed by atoms with van der Waals surface area (Å²) in [5.74, 6) is -1.22. The average Bonchev–Trinajstić information content (AvgIpc) is 3.50. The van der Waals surface area contributed by atoms with Crippen LogP contribution >= 0.6 is 23.2 Å². The smallest absolute Gasteiger partial charge is 0.260 e. The molecule has 1 saturated heterocycles. The summed E-state index contributed by atoms with van der Waals surface area (Å²) in [6.45, 7) is 3.01. The second-order valence-electron chi connectivity index (χ2n) is 11.4. The van der Waals surface area contributed by atoms with E-state index < -0.39 is 33.4 Å². The predicted molar refractivity (Wildman–Crippen MR) is 168 cm³/mol. The first-order valence-corrected chi connectivity index (χ1v) is 16.3. The van der Waals surface area contributed by atoms with Gasteiger partial charge in [-0.2, -0.15) is 4.31 Å². The van der Waals surface area contributed by atoms with E-state index in [-0.39, 0.29) is 43.0 Å². The van der Waals surface area contributed by atoms with Crippen LogP contribution in [0.2, 0.25) is 10.0 Å². The van der Waals surface area contributed by atoms with Crippen LogP contribution in [0.25, 0.3) is 11.1 Å². The summed E-state index contributed by atoms with van der Waals surface area (Å²) in [6, 6.07) is 11.7. The van der Waals surface area contributed by atoms with Crippen LogP contribution in [0.1, 0.15) is 19.4 Å². The SMILES string of the molecule is C[C@@H](CO)NC(=O)C1CN(S(=O)(=O)c2cnc3n2[C@](C)(Cc2ccc(-c4cncnc4)cc2)C(=O)N3c2cc(Cl)cc(Cl)c2)C1. The molecule has 234 valence electrons. The molecule has 15 heteroatoms. The number of nitrogens with one attached hydrogen (secondary N) is 1. The summed E-state index contributed by atoms with van der Waals surface area (Å²) in [4.78, 5) is 40.7. The summed E-state index contributed by atoms with van der Waals surface area (Å²) < 4.78 is 30.6. The van der Waals surface area contributed by atoms with Crippen molar-refractivity contribution < 1.29 is 23.1 Å². The number of sulfonamides is 1. The summed E-state index contributed by atoms with van der Waals surface area (Å²) in [5, 5.41) is 12.3. The average molecular weight is 671 g/mol. The predicted octanol–water partition coefficient (Wildman–Crippen LogP) is 3.40. The van der Waals surface area contributed by atoms with E-state index >= 15 is 0 Å². The van der Waals surface area contributed by atoms with E-state index in [9.17, 15) is 23.1 Å². The number of nitrogens with zero attached hydrogens (tertiary/aromatic N) is 6. The van der Waals surface area contributed by atoms with Crippen LogP contribution in [-0.2, 0) is 31.6 Å². The number of halogens is 2. The van der Waals surface area contributed by atoms with E-state index in [1.807, 2.05) is 24.3 Å². The Kier molecular flexibility index (Phi) is 8.16. The van der Waals surface area contributed by atoms with Gasteiger partial charge in [-0.15, -0.1) is 0 Å². The number of hydrogen-bond donors (Lipinski definition) is 2. The maximum absolute atomic E-state index is 14.3. The van der Waals surface area contributed by atoms with Gasteiger partial charge in [0, 0.05) is 53.6 Å². The minimum absolute atomic E-state index is 0.0459. The lowest BCUT2D eigenvalue weighted by atomic mass is 9.91.